The first-order valence-electron chi connectivity index (χ1n) is 9.44. The van der Waals surface area contributed by atoms with E-state index in [1.165, 1.54) is 0 Å². The zero-order chi connectivity index (χ0) is 17.9. The molecule has 5 heteroatoms. The van der Waals surface area contributed by atoms with E-state index in [4.69, 9.17) is 14.2 Å². The van der Waals surface area contributed by atoms with Crippen LogP contribution in [-0.2, 0) is 20.8 Å². The van der Waals surface area contributed by atoms with Crippen molar-refractivity contribution < 1.29 is 19.0 Å². The fourth-order valence-corrected chi connectivity index (χ4v) is 2.85. The van der Waals surface area contributed by atoms with Crippen LogP contribution >= 0.6 is 0 Å². The van der Waals surface area contributed by atoms with E-state index in [1.54, 1.807) is 12.1 Å². The molecule has 0 aliphatic carbocycles. The summed E-state index contributed by atoms with van der Waals surface area (Å²) in [6, 6.07) is 7.42. The van der Waals surface area contributed by atoms with Gasteiger partial charge < -0.3 is 19.1 Å². The molecule has 1 aromatic rings. The van der Waals surface area contributed by atoms with Crippen LogP contribution in [-0.4, -0.2) is 50.0 Å². The van der Waals surface area contributed by atoms with E-state index in [0.717, 1.165) is 57.5 Å². The average Bonchev–Trinajstić information content (AvgIpc) is 2.67. The van der Waals surface area contributed by atoms with Gasteiger partial charge in [-0.3, -0.25) is 0 Å². The van der Waals surface area contributed by atoms with Gasteiger partial charge in [-0.25, -0.2) is 4.79 Å². The normalized spacial score (nSPS) is 17.6. The number of rotatable bonds is 10. The smallest absolute Gasteiger partial charge is 0.338 e. The second kappa shape index (κ2) is 11.2. The van der Waals surface area contributed by atoms with Crippen LogP contribution in [0.3, 0.4) is 0 Å². The monoisotopic (exact) mass is 349 g/mol. The minimum Gasteiger partial charge on any atom is -0.462 e. The number of hydrogen-bond donors (Lipinski definition) is 0. The summed E-state index contributed by atoms with van der Waals surface area (Å²) in [7, 11) is 0. The Hall–Kier alpha value is -1.43. The molecule has 0 N–H and O–H groups in total. The molecule has 0 amide bonds. The lowest BCUT2D eigenvalue weighted by atomic mass is 10.1. The molecule has 5 nitrogen and oxygen atoms in total. The summed E-state index contributed by atoms with van der Waals surface area (Å²) < 4.78 is 16.6. The second-order valence-electron chi connectivity index (χ2n) is 6.32. The van der Waals surface area contributed by atoms with Crippen LogP contribution < -0.4 is 0 Å². The van der Waals surface area contributed by atoms with Gasteiger partial charge in [0.2, 0.25) is 0 Å². The predicted molar refractivity (Wildman–Crippen MR) is 97.5 cm³/mol. The molecule has 1 aromatic carbocycles. The Kier molecular flexibility index (Phi) is 8.94. The average molecular weight is 349 g/mol. The summed E-state index contributed by atoms with van der Waals surface area (Å²) in [5.41, 5.74) is 1.62. The van der Waals surface area contributed by atoms with Crippen LogP contribution in [0.25, 0.3) is 0 Å². The van der Waals surface area contributed by atoms with Crippen molar-refractivity contribution in [2.75, 3.05) is 32.8 Å². The van der Waals surface area contributed by atoms with E-state index in [0.29, 0.717) is 18.8 Å². The fraction of sp³-hybridized carbons (Fsp3) is 0.650. The highest BCUT2D eigenvalue weighted by Crippen LogP contribution is 2.16. The van der Waals surface area contributed by atoms with Gasteiger partial charge in [-0.2, -0.15) is 0 Å². The van der Waals surface area contributed by atoms with E-state index in [-0.39, 0.29) is 12.3 Å². The summed E-state index contributed by atoms with van der Waals surface area (Å²) in [5.74, 6) is -0.261. The Bertz CT molecular complexity index is 493. The number of carbonyl (C=O) groups is 1. The minimum absolute atomic E-state index is 0.0933. The van der Waals surface area contributed by atoms with E-state index < -0.39 is 0 Å². The van der Waals surface area contributed by atoms with E-state index >= 15 is 0 Å². The number of hydrogen-bond acceptors (Lipinski definition) is 5. The van der Waals surface area contributed by atoms with Crippen molar-refractivity contribution in [3.8, 4) is 0 Å². The Labute approximate surface area is 151 Å². The van der Waals surface area contributed by atoms with Gasteiger partial charge in [-0.1, -0.05) is 26.0 Å². The fourth-order valence-electron chi connectivity index (χ4n) is 2.85. The maximum atomic E-state index is 12.1. The Morgan fingerprint density at radius 2 is 1.96 bits per heavy atom. The predicted octanol–water partition coefficient (Wildman–Crippen LogP) is 3.62. The van der Waals surface area contributed by atoms with Gasteiger partial charge >= 0.3 is 5.97 Å². The Balaban J connectivity index is 1.68. The molecule has 0 radical (unpaired) electrons. The molecule has 1 aliphatic rings. The Morgan fingerprint density at radius 1 is 1.20 bits per heavy atom. The van der Waals surface area contributed by atoms with Gasteiger partial charge in [-0.15, -0.1) is 0 Å². The summed E-state index contributed by atoms with van der Waals surface area (Å²) in [5, 5.41) is 0. The molecule has 0 aromatic heterocycles. The lowest BCUT2D eigenvalue weighted by Crippen LogP contribution is -2.25. The van der Waals surface area contributed by atoms with Crippen LogP contribution in [0, 0.1) is 0 Å². The highest BCUT2D eigenvalue weighted by molar-refractivity contribution is 5.89. The molecule has 1 fully saturated rings. The molecule has 1 unspecified atom stereocenters. The molecule has 2 rings (SSSR count). The van der Waals surface area contributed by atoms with Crippen molar-refractivity contribution in [2.45, 2.75) is 52.4 Å². The summed E-state index contributed by atoms with van der Waals surface area (Å²) in [6.07, 6.45) is 4.00. The lowest BCUT2D eigenvalue weighted by Gasteiger charge is -2.22. The first kappa shape index (κ1) is 19.9. The Morgan fingerprint density at radius 3 is 2.60 bits per heavy atom. The van der Waals surface area contributed by atoms with Gasteiger partial charge in [0.05, 0.1) is 18.8 Å². The molecule has 1 atom stereocenters. The third kappa shape index (κ3) is 7.14. The summed E-state index contributed by atoms with van der Waals surface area (Å²) in [4.78, 5) is 14.4. The maximum absolute atomic E-state index is 12.1. The van der Waals surface area contributed by atoms with Gasteiger partial charge in [-0.05, 0) is 56.5 Å². The van der Waals surface area contributed by atoms with E-state index in [2.05, 4.69) is 18.7 Å². The molecular formula is C20H31NO4. The molecular weight excluding hydrogens is 318 g/mol. The zero-order valence-corrected chi connectivity index (χ0v) is 15.5. The third-order valence-corrected chi connectivity index (χ3v) is 4.51. The van der Waals surface area contributed by atoms with Crippen LogP contribution in [0.2, 0.25) is 0 Å². The van der Waals surface area contributed by atoms with E-state index in [1.807, 2.05) is 12.1 Å². The van der Waals surface area contributed by atoms with Crippen LogP contribution in [0.5, 0.6) is 0 Å². The zero-order valence-electron chi connectivity index (χ0n) is 15.5. The van der Waals surface area contributed by atoms with Gasteiger partial charge in [0.1, 0.15) is 0 Å². The number of carbonyl (C=O) groups excluding carboxylic acids is 1. The van der Waals surface area contributed by atoms with Crippen molar-refractivity contribution in [2.24, 2.45) is 0 Å². The van der Waals surface area contributed by atoms with Gasteiger partial charge in [0.25, 0.3) is 0 Å². The maximum Gasteiger partial charge on any atom is 0.338 e. The second-order valence-corrected chi connectivity index (χ2v) is 6.32. The number of ether oxygens (including phenoxy) is 3. The van der Waals surface area contributed by atoms with Crippen LogP contribution in [0.15, 0.2) is 24.3 Å². The highest BCUT2D eigenvalue weighted by atomic mass is 16.7. The first-order chi connectivity index (χ1) is 12.2. The standard InChI is InChI=1S/C20H31NO4/c1-3-21(4-2)13-7-15-24-20(22)18-11-9-17(10-12-18)16-25-19-8-5-6-14-23-19/h9-12,19H,3-8,13-16H2,1-2H3. The van der Waals surface area contributed by atoms with Crippen molar-refractivity contribution in [3.05, 3.63) is 35.4 Å². The van der Waals surface area contributed by atoms with Crippen molar-refractivity contribution >= 4 is 5.97 Å². The SMILES string of the molecule is CCN(CC)CCCOC(=O)c1ccc(COC2CCCCO2)cc1. The third-order valence-electron chi connectivity index (χ3n) is 4.51. The molecule has 0 saturated carbocycles. The van der Waals surface area contributed by atoms with Crippen molar-refractivity contribution in [1.29, 1.82) is 0 Å². The quantitative estimate of drug-likeness (QED) is 0.477. The first-order valence-corrected chi connectivity index (χ1v) is 9.44. The lowest BCUT2D eigenvalue weighted by molar-refractivity contribution is -0.168. The number of nitrogens with zero attached hydrogens (tertiary/aromatic N) is 1. The number of benzene rings is 1. The molecule has 25 heavy (non-hydrogen) atoms. The molecule has 0 bridgehead atoms. The van der Waals surface area contributed by atoms with Crippen molar-refractivity contribution in [1.82, 2.24) is 4.90 Å². The molecule has 1 heterocycles. The highest BCUT2D eigenvalue weighted by Gasteiger charge is 2.14. The number of esters is 1. The van der Waals surface area contributed by atoms with Crippen molar-refractivity contribution in [3.63, 3.8) is 0 Å². The topological polar surface area (TPSA) is 48.0 Å². The van der Waals surface area contributed by atoms with E-state index in [9.17, 15) is 4.79 Å². The van der Waals surface area contributed by atoms with Crippen LogP contribution in [0.4, 0.5) is 0 Å². The van der Waals surface area contributed by atoms with Crippen LogP contribution in [0.1, 0.15) is 55.5 Å². The van der Waals surface area contributed by atoms with Gasteiger partial charge in [0, 0.05) is 13.2 Å². The minimum atomic E-state index is -0.261. The molecule has 0 spiro atoms. The summed E-state index contributed by atoms with van der Waals surface area (Å²) in [6.45, 7) is 9.04. The molecule has 1 saturated heterocycles. The largest absolute Gasteiger partial charge is 0.462 e. The molecule has 140 valence electrons. The molecule has 1 aliphatic heterocycles. The van der Waals surface area contributed by atoms with Gasteiger partial charge in [0.15, 0.2) is 6.29 Å². The summed E-state index contributed by atoms with van der Waals surface area (Å²) >= 11 is 0.